The minimum Gasteiger partial charge on any atom is -0.481 e. The van der Waals surface area contributed by atoms with Crippen molar-refractivity contribution in [2.24, 2.45) is 0 Å². The molecule has 0 radical (unpaired) electrons. The van der Waals surface area contributed by atoms with E-state index in [-0.39, 0.29) is 24.0 Å². The number of nitrogens with zero attached hydrogens (tertiary/aromatic N) is 2. The highest BCUT2D eigenvalue weighted by atomic mass is 32.2. The molecular formula is C16H13FN2O5S. The number of rotatable bonds is 7. The van der Waals surface area contributed by atoms with Crippen LogP contribution in [-0.2, 0) is 17.1 Å². The van der Waals surface area contributed by atoms with Gasteiger partial charge < -0.3 is 18.3 Å². The summed E-state index contributed by atoms with van der Waals surface area (Å²) in [4.78, 5) is 11.3. The number of methoxy groups -OCH3 is 1. The van der Waals surface area contributed by atoms with E-state index in [9.17, 15) is 9.18 Å². The maximum Gasteiger partial charge on any atom is 0.373 e. The highest BCUT2D eigenvalue weighted by molar-refractivity contribution is 7.98. The molecule has 25 heavy (non-hydrogen) atoms. The maximum atomic E-state index is 13.5. The van der Waals surface area contributed by atoms with Gasteiger partial charge in [-0.2, -0.15) is 0 Å². The smallest absolute Gasteiger partial charge is 0.373 e. The summed E-state index contributed by atoms with van der Waals surface area (Å²) in [5.74, 6) is 0.418. The molecule has 7 nitrogen and oxygen atoms in total. The molecule has 130 valence electrons. The molecule has 0 saturated heterocycles. The van der Waals surface area contributed by atoms with Gasteiger partial charge in [0.15, 0.2) is 18.2 Å². The second kappa shape index (κ2) is 7.84. The minimum absolute atomic E-state index is 0.0399. The van der Waals surface area contributed by atoms with Crippen LogP contribution in [0.3, 0.4) is 0 Å². The molecule has 0 amide bonds. The van der Waals surface area contributed by atoms with Crippen LogP contribution >= 0.6 is 11.8 Å². The van der Waals surface area contributed by atoms with E-state index in [2.05, 4.69) is 14.9 Å². The van der Waals surface area contributed by atoms with Gasteiger partial charge in [0.2, 0.25) is 5.76 Å². The molecule has 0 bridgehead atoms. The largest absolute Gasteiger partial charge is 0.481 e. The number of hydrogen-bond acceptors (Lipinski definition) is 8. The lowest BCUT2D eigenvalue weighted by molar-refractivity contribution is 0.0563. The molecule has 0 saturated carbocycles. The zero-order chi connectivity index (χ0) is 17.6. The molecule has 0 aliphatic carbocycles. The molecule has 0 fully saturated rings. The summed E-state index contributed by atoms with van der Waals surface area (Å²) in [5, 5.41) is 8.00. The van der Waals surface area contributed by atoms with E-state index >= 15 is 0 Å². The van der Waals surface area contributed by atoms with Crippen LogP contribution in [0.25, 0.3) is 0 Å². The molecule has 0 aliphatic rings. The van der Waals surface area contributed by atoms with E-state index in [4.69, 9.17) is 13.6 Å². The fraction of sp³-hybridized carbons (Fsp3) is 0.188. The molecule has 0 unspecified atom stereocenters. The van der Waals surface area contributed by atoms with Gasteiger partial charge in [-0.3, -0.25) is 0 Å². The standard InChI is InChI=1S/C16H13FN2O5S/c1-21-15(20)13-7-6-10(23-13)9-25-16-19-18-14(24-16)8-22-12-5-3-2-4-11(12)17/h2-7H,8-9H2,1H3. The van der Waals surface area contributed by atoms with Crippen molar-refractivity contribution in [3.8, 4) is 5.75 Å². The number of furan rings is 1. The highest BCUT2D eigenvalue weighted by Crippen LogP contribution is 2.23. The van der Waals surface area contributed by atoms with Crippen molar-refractivity contribution in [2.75, 3.05) is 7.11 Å². The Morgan fingerprint density at radius 1 is 1.20 bits per heavy atom. The maximum absolute atomic E-state index is 13.5. The first kappa shape index (κ1) is 17.0. The van der Waals surface area contributed by atoms with Gasteiger partial charge in [0.25, 0.3) is 11.1 Å². The average Bonchev–Trinajstić information content (AvgIpc) is 3.28. The second-order valence-electron chi connectivity index (χ2n) is 4.73. The first-order chi connectivity index (χ1) is 12.2. The number of carbonyl (C=O) groups excluding carboxylic acids is 1. The van der Waals surface area contributed by atoms with E-state index in [1.807, 2.05) is 0 Å². The minimum atomic E-state index is -0.540. The van der Waals surface area contributed by atoms with Crippen molar-refractivity contribution >= 4 is 17.7 Å². The average molecular weight is 364 g/mol. The van der Waals surface area contributed by atoms with Gasteiger partial charge in [0, 0.05) is 0 Å². The highest BCUT2D eigenvalue weighted by Gasteiger charge is 2.13. The van der Waals surface area contributed by atoms with Crippen molar-refractivity contribution in [1.29, 1.82) is 0 Å². The molecule has 0 aliphatic heterocycles. The molecule has 3 aromatic rings. The summed E-state index contributed by atoms with van der Waals surface area (Å²) in [6.45, 7) is -0.0399. The first-order valence-electron chi connectivity index (χ1n) is 7.15. The lowest BCUT2D eigenvalue weighted by Crippen LogP contribution is -1.98. The molecule has 0 N–H and O–H groups in total. The predicted molar refractivity (Wildman–Crippen MR) is 84.6 cm³/mol. The molecule has 2 heterocycles. The number of hydrogen-bond donors (Lipinski definition) is 0. The zero-order valence-corrected chi connectivity index (χ0v) is 13.9. The van der Waals surface area contributed by atoms with E-state index in [1.165, 1.54) is 37.1 Å². The lowest BCUT2D eigenvalue weighted by Gasteiger charge is -2.03. The summed E-state index contributed by atoms with van der Waals surface area (Å²) in [5.41, 5.74) is 0. The quantitative estimate of drug-likeness (QED) is 0.465. The van der Waals surface area contributed by atoms with E-state index in [0.29, 0.717) is 16.7 Å². The Morgan fingerprint density at radius 2 is 2.04 bits per heavy atom. The lowest BCUT2D eigenvalue weighted by atomic mass is 10.3. The van der Waals surface area contributed by atoms with Crippen LogP contribution in [0, 0.1) is 5.82 Å². The van der Waals surface area contributed by atoms with Crippen molar-refractivity contribution in [1.82, 2.24) is 10.2 Å². The third-order valence-corrected chi connectivity index (χ3v) is 3.86. The van der Waals surface area contributed by atoms with Crippen LogP contribution in [0.5, 0.6) is 5.75 Å². The zero-order valence-electron chi connectivity index (χ0n) is 13.1. The Bertz CT molecular complexity index is 864. The number of carbonyl (C=O) groups is 1. The van der Waals surface area contributed by atoms with Crippen LogP contribution in [0.2, 0.25) is 0 Å². The van der Waals surface area contributed by atoms with Crippen LogP contribution in [-0.4, -0.2) is 23.3 Å². The molecule has 3 rings (SSSR count). The van der Waals surface area contributed by atoms with Crippen molar-refractivity contribution in [3.05, 3.63) is 59.6 Å². The van der Waals surface area contributed by atoms with E-state index < -0.39 is 11.8 Å². The Balaban J connectivity index is 1.52. The van der Waals surface area contributed by atoms with Gasteiger partial charge in [-0.1, -0.05) is 23.9 Å². The number of esters is 1. The topological polar surface area (TPSA) is 87.6 Å². The summed E-state index contributed by atoms with van der Waals surface area (Å²) >= 11 is 1.24. The number of para-hydroxylation sites is 1. The van der Waals surface area contributed by atoms with Gasteiger partial charge in [-0.05, 0) is 24.3 Å². The van der Waals surface area contributed by atoms with Gasteiger partial charge in [0.05, 0.1) is 12.9 Å². The number of halogens is 1. The predicted octanol–water partition coefficient (Wildman–Crippen LogP) is 3.46. The van der Waals surface area contributed by atoms with Gasteiger partial charge in [0.1, 0.15) is 5.76 Å². The fourth-order valence-corrected chi connectivity index (χ4v) is 2.53. The SMILES string of the molecule is COC(=O)c1ccc(CSc2nnc(COc3ccccc3F)o2)o1. The summed E-state index contributed by atoms with van der Waals surface area (Å²) < 4.78 is 34.0. The van der Waals surface area contributed by atoms with E-state index in [0.717, 1.165) is 0 Å². The van der Waals surface area contributed by atoms with E-state index in [1.54, 1.807) is 18.2 Å². The molecular weight excluding hydrogens is 351 g/mol. The van der Waals surface area contributed by atoms with Crippen molar-refractivity contribution < 1.29 is 27.5 Å². The Labute approximate surface area is 146 Å². The molecule has 9 heteroatoms. The van der Waals surface area contributed by atoms with Gasteiger partial charge in [-0.15, -0.1) is 10.2 Å². The molecule has 1 aromatic carbocycles. The van der Waals surface area contributed by atoms with Crippen LogP contribution in [0.15, 0.2) is 50.5 Å². The third kappa shape index (κ3) is 4.38. The molecule has 0 spiro atoms. The van der Waals surface area contributed by atoms with Crippen LogP contribution in [0.4, 0.5) is 4.39 Å². The summed E-state index contributed by atoms with van der Waals surface area (Å²) in [6, 6.07) is 9.25. The van der Waals surface area contributed by atoms with Crippen LogP contribution in [0.1, 0.15) is 22.2 Å². The normalized spacial score (nSPS) is 10.6. The number of benzene rings is 1. The second-order valence-corrected chi connectivity index (χ2v) is 5.65. The Hall–Kier alpha value is -2.81. The number of ether oxygens (including phenoxy) is 2. The number of aromatic nitrogens is 2. The van der Waals surface area contributed by atoms with Crippen molar-refractivity contribution in [2.45, 2.75) is 17.6 Å². The monoisotopic (exact) mass is 364 g/mol. The number of thioether (sulfide) groups is 1. The van der Waals surface area contributed by atoms with Gasteiger partial charge in [-0.25, -0.2) is 9.18 Å². The summed E-state index contributed by atoms with van der Waals surface area (Å²) in [6.07, 6.45) is 0. The molecule has 2 aromatic heterocycles. The Morgan fingerprint density at radius 3 is 2.84 bits per heavy atom. The van der Waals surface area contributed by atoms with Gasteiger partial charge >= 0.3 is 5.97 Å². The fourth-order valence-electron chi connectivity index (χ4n) is 1.85. The molecule has 0 atom stereocenters. The van der Waals surface area contributed by atoms with Crippen LogP contribution < -0.4 is 4.74 Å². The first-order valence-corrected chi connectivity index (χ1v) is 8.14. The van der Waals surface area contributed by atoms with Crippen molar-refractivity contribution in [3.63, 3.8) is 0 Å². The third-order valence-electron chi connectivity index (χ3n) is 3.02. The Kier molecular flexibility index (Phi) is 5.34. The summed E-state index contributed by atoms with van der Waals surface area (Å²) in [7, 11) is 1.28.